The van der Waals surface area contributed by atoms with E-state index < -0.39 is 23.6 Å². The molecule has 240 valence electrons. The molecule has 1 saturated heterocycles. The molecule has 0 radical (unpaired) electrons. The highest BCUT2D eigenvalue weighted by Crippen LogP contribution is 2.34. The number of carbonyl (C=O) groups excluding carboxylic acids is 5. The summed E-state index contributed by atoms with van der Waals surface area (Å²) < 4.78 is 10.8. The molecule has 2 aliphatic heterocycles. The quantitative estimate of drug-likeness (QED) is 0.169. The zero-order valence-electron chi connectivity index (χ0n) is 25.9. The van der Waals surface area contributed by atoms with Crippen LogP contribution in [0.15, 0.2) is 52.7 Å². The first kappa shape index (κ1) is 33.1. The number of benzene rings is 2. The largest absolute Gasteiger partial charge is 0.484 e. The Hall–Kier alpha value is -4.81. The number of nitrogens with one attached hydrogen (secondary N) is 3. The van der Waals surface area contributed by atoms with Crippen molar-refractivity contribution in [3.8, 4) is 5.75 Å². The molecule has 0 aromatic heterocycles. The first-order chi connectivity index (χ1) is 21.5. The third-order valence-corrected chi connectivity index (χ3v) is 7.13. The lowest BCUT2D eigenvalue weighted by Crippen LogP contribution is -2.52. The molecule has 2 aromatic rings. The molecule has 1 atom stereocenters. The van der Waals surface area contributed by atoms with Gasteiger partial charge in [0.25, 0.3) is 11.8 Å². The number of alkyl carbamates (subject to hydrolysis) is 1. The van der Waals surface area contributed by atoms with Gasteiger partial charge in [0.1, 0.15) is 17.4 Å². The standard InChI is InChI=1S/C32H40N6O7/c1-32(2,3)45-31(43)34-18-7-5-4-6-17-33-28(40)20-44-22-13-11-21(12-14-22)36-37-25-10-8-9-23-24(25)19-38(30(23)42)26-15-16-27(39)35-29(26)41/h8-14,26H,4-7,15-20H2,1-3H3,(H,33,40)(H,34,43)(H,35,39,41). The van der Waals surface area contributed by atoms with Gasteiger partial charge in [-0.25, -0.2) is 4.79 Å². The maximum atomic E-state index is 13.0. The minimum absolute atomic E-state index is 0.117. The lowest BCUT2D eigenvalue weighted by Gasteiger charge is -2.29. The number of nitrogens with zero attached hydrogens (tertiary/aromatic N) is 3. The summed E-state index contributed by atoms with van der Waals surface area (Å²) in [6.45, 7) is 6.65. The average molecular weight is 621 g/mol. The average Bonchev–Trinajstić information content (AvgIpc) is 3.32. The third kappa shape index (κ3) is 9.85. The van der Waals surface area contributed by atoms with Crippen LogP contribution in [0.1, 0.15) is 75.2 Å². The van der Waals surface area contributed by atoms with E-state index in [1.54, 1.807) is 42.5 Å². The molecule has 2 aliphatic rings. The van der Waals surface area contributed by atoms with Crippen molar-refractivity contribution < 1.29 is 33.4 Å². The molecular formula is C32H40N6O7. The monoisotopic (exact) mass is 620 g/mol. The highest BCUT2D eigenvalue weighted by atomic mass is 16.6. The SMILES string of the molecule is CC(C)(C)OC(=O)NCCCCCCNC(=O)COc1ccc(N=Nc2cccc3c2CN(C2CCC(=O)NC2=O)C3=O)cc1. The van der Waals surface area contributed by atoms with Crippen LogP contribution in [0.2, 0.25) is 0 Å². The number of hydrogen-bond acceptors (Lipinski definition) is 9. The zero-order chi connectivity index (χ0) is 32.4. The van der Waals surface area contributed by atoms with Crippen molar-refractivity contribution >= 4 is 41.1 Å². The van der Waals surface area contributed by atoms with E-state index >= 15 is 0 Å². The van der Waals surface area contributed by atoms with Crippen molar-refractivity contribution in [2.45, 2.75) is 77.5 Å². The smallest absolute Gasteiger partial charge is 0.407 e. The second-order valence-electron chi connectivity index (χ2n) is 11.9. The van der Waals surface area contributed by atoms with Gasteiger partial charge in [-0.05, 0) is 76.4 Å². The molecular weight excluding hydrogens is 580 g/mol. The van der Waals surface area contributed by atoms with Gasteiger partial charge in [0.15, 0.2) is 6.61 Å². The number of azo groups is 1. The summed E-state index contributed by atoms with van der Waals surface area (Å²) >= 11 is 0. The van der Waals surface area contributed by atoms with Crippen LogP contribution in [0, 0.1) is 0 Å². The number of rotatable bonds is 13. The minimum Gasteiger partial charge on any atom is -0.484 e. The van der Waals surface area contributed by atoms with Gasteiger partial charge in [-0.1, -0.05) is 18.9 Å². The Balaban J connectivity index is 1.15. The molecule has 13 heteroatoms. The highest BCUT2D eigenvalue weighted by molar-refractivity contribution is 6.06. The number of piperidine rings is 1. The number of carbonyl (C=O) groups is 5. The number of fused-ring (bicyclic) bond motifs is 1. The zero-order valence-corrected chi connectivity index (χ0v) is 25.9. The lowest BCUT2D eigenvalue weighted by molar-refractivity contribution is -0.137. The van der Waals surface area contributed by atoms with Gasteiger partial charge in [0, 0.05) is 37.2 Å². The fourth-order valence-corrected chi connectivity index (χ4v) is 4.92. The van der Waals surface area contributed by atoms with E-state index in [-0.39, 0.29) is 43.7 Å². The van der Waals surface area contributed by atoms with E-state index in [1.165, 1.54) is 4.90 Å². The second kappa shape index (κ2) is 15.3. The molecule has 2 aromatic carbocycles. The van der Waals surface area contributed by atoms with Crippen LogP contribution < -0.4 is 20.7 Å². The number of imide groups is 1. The summed E-state index contributed by atoms with van der Waals surface area (Å²) in [7, 11) is 0. The van der Waals surface area contributed by atoms with Crippen LogP contribution >= 0.6 is 0 Å². The normalized spacial score (nSPS) is 16.4. The van der Waals surface area contributed by atoms with E-state index in [1.807, 2.05) is 20.8 Å². The van der Waals surface area contributed by atoms with Crippen molar-refractivity contribution in [1.82, 2.24) is 20.9 Å². The Morgan fingerprint density at radius 1 is 0.956 bits per heavy atom. The van der Waals surface area contributed by atoms with Crippen LogP contribution in [-0.4, -0.2) is 66.0 Å². The summed E-state index contributed by atoms with van der Waals surface area (Å²) in [5, 5.41) is 16.5. The van der Waals surface area contributed by atoms with Gasteiger partial charge in [-0.15, -0.1) is 0 Å². The van der Waals surface area contributed by atoms with E-state index in [9.17, 15) is 24.0 Å². The molecule has 5 amide bonds. The van der Waals surface area contributed by atoms with Gasteiger partial charge in [0.2, 0.25) is 11.8 Å². The van der Waals surface area contributed by atoms with Gasteiger partial charge in [0.05, 0.1) is 11.4 Å². The summed E-state index contributed by atoms with van der Waals surface area (Å²) in [6.07, 6.45) is 3.57. The Kier molecular flexibility index (Phi) is 11.2. The number of hydrogen-bond donors (Lipinski definition) is 3. The van der Waals surface area contributed by atoms with Crippen molar-refractivity contribution in [2.24, 2.45) is 10.2 Å². The molecule has 45 heavy (non-hydrogen) atoms. The topological polar surface area (TPSA) is 168 Å². The second-order valence-corrected chi connectivity index (χ2v) is 11.9. The minimum atomic E-state index is -0.701. The van der Waals surface area contributed by atoms with Gasteiger partial charge in [-0.3, -0.25) is 24.5 Å². The summed E-state index contributed by atoms with van der Waals surface area (Å²) in [5.74, 6) is -0.780. The van der Waals surface area contributed by atoms with Crippen LogP contribution in [0.5, 0.6) is 5.75 Å². The molecule has 0 aliphatic carbocycles. The van der Waals surface area contributed by atoms with E-state index in [2.05, 4.69) is 26.2 Å². The van der Waals surface area contributed by atoms with Crippen molar-refractivity contribution in [1.29, 1.82) is 0 Å². The number of unbranched alkanes of at least 4 members (excludes halogenated alkanes) is 3. The first-order valence-electron chi connectivity index (χ1n) is 15.1. The Morgan fingerprint density at radius 2 is 1.67 bits per heavy atom. The molecule has 1 fully saturated rings. The molecule has 3 N–H and O–H groups in total. The molecule has 0 saturated carbocycles. The summed E-state index contributed by atoms with van der Waals surface area (Å²) in [5.41, 5.74) is 1.70. The highest BCUT2D eigenvalue weighted by Gasteiger charge is 2.39. The van der Waals surface area contributed by atoms with Gasteiger partial charge >= 0.3 is 6.09 Å². The van der Waals surface area contributed by atoms with Gasteiger partial charge in [-0.2, -0.15) is 10.2 Å². The maximum absolute atomic E-state index is 13.0. The Morgan fingerprint density at radius 3 is 2.36 bits per heavy atom. The predicted molar refractivity (Wildman–Crippen MR) is 164 cm³/mol. The maximum Gasteiger partial charge on any atom is 0.407 e. The van der Waals surface area contributed by atoms with Crippen LogP contribution in [0.3, 0.4) is 0 Å². The van der Waals surface area contributed by atoms with Crippen molar-refractivity contribution in [3.63, 3.8) is 0 Å². The summed E-state index contributed by atoms with van der Waals surface area (Å²) in [6, 6.07) is 11.3. The Bertz CT molecular complexity index is 1430. The fraction of sp³-hybridized carbons (Fsp3) is 0.469. The molecule has 4 rings (SSSR count). The van der Waals surface area contributed by atoms with E-state index in [4.69, 9.17) is 9.47 Å². The van der Waals surface area contributed by atoms with E-state index in [0.717, 1.165) is 25.7 Å². The molecule has 1 unspecified atom stereocenters. The molecule has 0 spiro atoms. The van der Waals surface area contributed by atoms with Crippen LogP contribution in [-0.2, 0) is 25.7 Å². The van der Waals surface area contributed by atoms with E-state index in [0.29, 0.717) is 41.3 Å². The molecule has 0 bridgehead atoms. The van der Waals surface area contributed by atoms with Gasteiger partial charge < -0.3 is 25.0 Å². The Labute approximate surface area is 262 Å². The first-order valence-corrected chi connectivity index (χ1v) is 15.1. The lowest BCUT2D eigenvalue weighted by atomic mass is 10.0. The van der Waals surface area contributed by atoms with Crippen molar-refractivity contribution in [3.05, 3.63) is 53.6 Å². The number of ether oxygens (including phenoxy) is 2. The van der Waals surface area contributed by atoms with Crippen LogP contribution in [0.25, 0.3) is 0 Å². The third-order valence-electron chi connectivity index (χ3n) is 7.13. The molecule has 2 heterocycles. The molecule has 13 nitrogen and oxygen atoms in total. The predicted octanol–water partition coefficient (Wildman–Crippen LogP) is 4.44. The van der Waals surface area contributed by atoms with Crippen LogP contribution in [0.4, 0.5) is 16.2 Å². The summed E-state index contributed by atoms with van der Waals surface area (Å²) in [4.78, 5) is 62.1. The number of amides is 5. The fourth-order valence-electron chi connectivity index (χ4n) is 4.92. The van der Waals surface area contributed by atoms with Crippen molar-refractivity contribution in [2.75, 3.05) is 19.7 Å².